The summed E-state index contributed by atoms with van der Waals surface area (Å²) in [5.74, 6) is 0.531. The van der Waals surface area contributed by atoms with Crippen molar-refractivity contribution in [2.75, 3.05) is 12.8 Å². The van der Waals surface area contributed by atoms with E-state index in [1.807, 2.05) is 26.0 Å². The van der Waals surface area contributed by atoms with Gasteiger partial charge >= 0.3 is 0 Å². The van der Waals surface area contributed by atoms with E-state index in [1.54, 1.807) is 24.3 Å². The molecule has 2 aromatic rings. The number of carbonyl (C=O) groups excluding carboxylic acids is 1. The molecule has 0 aromatic carbocycles. The molecule has 2 N–H and O–H groups in total. The Bertz CT molecular complexity index is 627. The Morgan fingerprint density at radius 1 is 1.38 bits per heavy atom. The number of pyridine rings is 1. The minimum Gasteiger partial charge on any atom is -0.396 e. The minimum absolute atomic E-state index is 0.140. The van der Waals surface area contributed by atoms with Crippen molar-refractivity contribution in [1.29, 1.82) is 0 Å². The van der Waals surface area contributed by atoms with Gasteiger partial charge in [-0.2, -0.15) is 0 Å². The molecule has 6 heteroatoms. The molecule has 0 aliphatic carbocycles. The van der Waals surface area contributed by atoms with E-state index in [4.69, 9.17) is 5.73 Å². The second-order valence-corrected chi connectivity index (χ2v) is 5.21. The first kappa shape index (κ1) is 14.9. The van der Waals surface area contributed by atoms with Crippen molar-refractivity contribution in [1.82, 2.24) is 19.9 Å². The van der Waals surface area contributed by atoms with Crippen LogP contribution in [-0.4, -0.2) is 32.8 Å². The third kappa shape index (κ3) is 3.53. The molecule has 0 saturated heterocycles. The molecule has 0 unspecified atom stereocenters. The van der Waals surface area contributed by atoms with E-state index < -0.39 is 0 Å². The average molecular weight is 285 g/mol. The minimum atomic E-state index is -0.222. The predicted octanol–water partition coefficient (Wildman–Crippen LogP) is 1.85. The lowest BCUT2D eigenvalue weighted by molar-refractivity contribution is 0.0779. The maximum atomic E-state index is 12.5. The lowest BCUT2D eigenvalue weighted by Crippen LogP contribution is -2.28. The number of nitrogens with two attached hydrogens (primary N) is 1. The molecule has 0 saturated carbocycles. The summed E-state index contributed by atoms with van der Waals surface area (Å²) in [6.45, 7) is 4.39. The fraction of sp³-hybridized carbons (Fsp3) is 0.333. The van der Waals surface area contributed by atoms with Crippen LogP contribution in [0.3, 0.4) is 0 Å². The number of anilines is 1. The summed E-state index contributed by atoms with van der Waals surface area (Å²) < 4.78 is 0. The normalized spacial score (nSPS) is 10.7. The topological polar surface area (TPSA) is 85.0 Å². The molecular weight excluding hydrogens is 266 g/mol. The molecule has 0 bridgehead atoms. The van der Waals surface area contributed by atoms with Gasteiger partial charge < -0.3 is 10.6 Å². The van der Waals surface area contributed by atoms with Gasteiger partial charge in [0.05, 0.1) is 11.9 Å². The molecular formula is C15H19N5O. The van der Waals surface area contributed by atoms with Gasteiger partial charge in [-0.25, -0.2) is 9.97 Å². The van der Waals surface area contributed by atoms with E-state index in [9.17, 15) is 4.79 Å². The number of nitrogen functional groups attached to an aromatic ring is 1. The second kappa shape index (κ2) is 6.30. The van der Waals surface area contributed by atoms with E-state index in [2.05, 4.69) is 15.0 Å². The van der Waals surface area contributed by atoms with Crippen LogP contribution in [-0.2, 0) is 6.54 Å². The number of rotatable bonds is 4. The first-order chi connectivity index (χ1) is 9.99. The van der Waals surface area contributed by atoms with Crippen molar-refractivity contribution in [3.8, 4) is 0 Å². The van der Waals surface area contributed by atoms with Crippen molar-refractivity contribution < 1.29 is 4.79 Å². The maximum absolute atomic E-state index is 12.5. The van der Waals surface area contributed by atoms with Gasteiger partial charge in [-0.05, 0) is 11.6 Å². The van der Waals surface area contributed by atoms with E-state index >= 15 is 0 Å². The van der Waals surface area contributed by atoms with Crippen LogP contribution in [0.1, 0.15) is 41.6 Å². The van der Waals surface area contributed by atoms with Gasteiger partial charge in [0.2, 0.25) is 0 Å². The van der Waals surface area contributed by atoms with E-state index in [0.29, 0.717) is 18.1 Å². The zero-order chi connectivity index (χ0) is 15.4. The van der Waals surface area contributed by atoms with Crippen LogP contribution >= 0.6 is 0 Å². The van der Waals surface area contributed by atoms with Crippen LogP contribution in [0.2, 0.25) is 0 Å². The Hall–Kier alpha value is -2.50. The highest BCUT2D eigenvalue weighted by Gasteiger charge is 2.18. The van der Waals surface area contributed by atoms with Crippen LogP contribution in [0.15, 0.2) is 30.7 Å². The number of nitrogens with zero attached hydrogens (tertiary/aromatic N) is 4. The van der Waals surface area contributed by atoms with Crippen molar-refractivity contribution in [3.05, 3.63) is 47.8 Å². The van der Waals surface area contributed by atoms with E-state index in [1.165, 1.54) is 6.20 Å². The van der Waals surface area contributed by atoms with Crippen molar-refractivity contribution in [2.45, 2.75) is 26.3 Å². The molecule has 0 aliphatic heterocycles. The van der Waals surface area contributed by atoms with E-state index in [-0.39, 0.29) is 17.5 Å². The van der Waals surface area contributed by atoms with Crippen LogP contribution in [0.5, 0.6) is 0 Å². The largest absolute Gasteiger partial charge is 0.396 e. The van der Waals surface area contributed by atoms with Gasteiger partial charge in [-0.15, -0.1) is 0 Å². The second-order valence-electron chi connectivity index (χ2n) is 5.21. The summed E-state index contributed by atoms with van der Waals surface area (Å²) in [7, 11) is 1.71. The SMILES string of the molecule is CC(C)c1ncc(N)c(C(=O)N(C)Cc2cccnc2)n1. The summed E-state index contributed by atoms with van der Waals surface area (Å²) in [5.41, 5.74) is 7.33. The monoisotopic (exact) mass is 285 g/mol. The summed E-state index contributed by atoms with van der Waals surface area (Å²) in [6.07, 6.45) is 4.92. The molecule has 0 fully saturated rings. The lowest BCUT2D eigenvalue weighted by Gasteiger charge is -2.18. The molecule has 110 valence electrons. The standard InChI is InChI=1S/C15H19N5O/c1-10(2)14-18-8-12(16)13(19-14)15(21)20(3)9-11-5-4-6-17-7-11/h4-8,10H,9,16H2,1-3H3. The molecule has 0 spiro atoms. The highest BCUT2D eigenvalue weighted by Crippen LogP contribution is 2.15. The maximum Gasteiger partial charge on any atom is 0.274 e. The molecule has 0 radical (unpaired) electrons. The summed E-state index contributed by atoms with van der Waals surface area (Å²) >= 11 is 0. The number of hydrogen-bond acceptors (Lipinski definition) is 5. The Morgan fingerprint density at radius 2 is 2.14 bits per heavy atom. The van der Waals surface area contributed by atoms with Crippen molar-refractivity contribution in [2.24, 2.45) is 0 Å². The number of amides is 1. The molecule has 2 aromatic heterocycles. The van der Waals surface area contributed by atoms with Crippen LogP contribution < -0.4 is 5.73 Å². The van der Waals surface area contributed by atoms with Gasteiger partial charge in [0.15, 0.2) is 5.69 Å². The average Bonchev–Trinajstić information content (AvgIpc) is 2.47. The number of aromatic nitrogens is 3. The predicted molar refractivity (Wildman–Crippen MR) is 80.6 cm³/mol. The first-order valence-corrected chi connectivity index (χ1v) is 6.75. The van der Waals surface area contributed by atoms with Gasteiger partial charge in [-0.1, -0.05) is 19.9 Å². The zero-order valence-electron chi connectivity index (χ0n) is 12.4. The third-order valence-corrected chi connectivity index (χ3v) is 3.04. The zero-order valence-corrected chi connectivity index (χ0v) is 12.4. The fourth-order valence-electron chi connectivity index (χ4n) is 1.87. The number of hydrogen-bond donors (Lipinski definition) is 1. The van der Waals surface area contributed by atoms with Crippen molar-refractivity contribution in [3.63, 3.8) is 0 Å². The quantitative estimate of drug-likeness (QED) is 0.926. The molecule has 2 heterocycles. The smallest absolute Gasteiger partial charge is 0.274 e. The van der Waals surface area contributed by atoms with Crippen LogP contribution in [0.25, 0.3) is 0 Å². The Balaban J connectivity index is 2.21. The third-order valence-electron chi connectivity index (χ3n) is 3.04. The Labute approximate surface area is 124 Å². The summed E-state index contributed by atoms with van der Waals surface area (Å²) in [4.78, 5) is 26.5. The molecule has 6 nitrogen and oxygen atoms in total. The summed E-state index contributed by atoms with van der Waals surface area (Å²) in [5, 5.41) is 0. The Morgan fingerprint density at radius 3 is 2.76 bits per heavy atom. The van der Waals surface area contributed by atoms with Gasteiger partial charge in [0.25, 0.3) is 5.91 Å². The highest BCUT2D eigenvalue weighted by molar-refractivity contribution is 5.96. The molecule has 2 rings (SSSR count). The molecule has 1 amide bonds. The van der Waals surface area contributed by atoms with Crippen molar-refractivity contribution >= 4 is 11.6 Å². The lowest BCUT2D eigenvalue weighted by atomic mass is 10.2. The number of carbonyl (C=O) groups is 1. The van der Waals surface area contributed by atoms with Crippen LogP contribution in [0.4, 0.5) is 5.69 Å². The first-order valence-electron chi connectivity index (χ1n) is 6.75. The Kier molecular flexibility index (Phi) is 4.47. The van der Waals surface area contributed by atoms with Gasteiger partial charge in [0, 0.05) is 31.9 Å². The van der Waals surface area contributed by atoms with Crippen LogP contribution in [0, 0.1) is 0 Å². The molecule has 0 aliphatic rings. The van der Waals surface area contributed by atoms with Gasteiger partial charge in [-0.3, -0.25) is 9.78 Å². The molecule has 21 heavy (non-hydrogen) atoms. The summed E-state index contributed by atoms with van der Waals surface area (Å²) in [6, 6.07) is 3.75. The van der Waals surface area contributed by atoms with E-state index in [0.717, 1.165) is 5.56 Å². The molecule has 0 atom stereocenters. The van der Waals surface area contributed by atoms with Gasteiger partial charge in [0.1, 0.15) is 5.82 Å². The fourth-order valence-corrected chi connectivity index (χ4v) is 1.87. The highest BCUT2D eigenvalue weighted by atomic mass is 16.2.